The fourth-order valence-electron chi connectivity index (χ4n) is 2.06. The monoisotopic (exact) mass is 277 g/mol. The minimum Gasteiger partial charge on any atom is -0.493 e. The van der Waals surface area contributed by atoms with E-state index in [1.54, 1.807) is 21.3 Å². The van der Waals surface area contributed by atoms with Crippen molar-refractivity contribution >= 4 is 5.82 Å². The van der Waals surface area contributed by atoms with E-state index in [0.717, 1.165) is 11.4 Å². The maximum absolute atomic E-state index is 6.08. The Morgan fingerprint density at radius 3 is 1.95 bits per heavy atom. The van der Waals surface area contributed by atoms with Crippen LogP contribution in [0.1, 0.15) is 5.82 Å². The molecule has 2 rings (SSSR count). The van der Waals surface area contributed by atoms with Gasteiger partial charge in [0.15, 0.2) is 11.5 Å². The molecule has 1 aromatic heterocycles. The first-order chi connectivity index (χ1) is 9.53. The van der Waals surface area contributed by atoms with Gasteiger partial charge in [0.05, 0.1) is 21.3 Å². The summed E-state index contributed by atoms with van der Waals surface area (Å²) < 4.78 is 17.8. The van der Waals surface area contributed by atoms with E-state index in [-0.39, 0.29) is 0 Å². The van der Waals surface area contributed by atoms with Crippen LogP contribution in [0.3, 0.4) is 0 Å². The standard InChI is InChI=1S/C14H19N3O3/c1-8-16-12(14(15)17(8)2)9-6-10(18-3)13(20-5)11(7-9)19-4/h6-7H,15H2,1-5H3. The molecule has 0 saturated carbocycles. The van der Waals surface area contributed by atoms with E-state index >= 15 is 0 Å². The Labute approximate surface area is 118 Å². The zero-order valence-electron chi connectivity index (χ0n) is 12.4. The summed E-state index contributed by atoms with van der Waals surface area (Å²) in [6.45, 7) is 1.90. The fourth-order valence-corrected chi connectivity index (χ4v) is 2.06. The number of nitrogen functional groups attached to an aromatic ring is 1. The number of aryl methyl sites for hydroxylation is 1. The van der Waals surface area contributed by atoms with E-state index < -0.39 is 0 Å². The van der Waals surface area contributed by atoms with Gasteiger partial charge in [-0.15, -0.1) is 0 Å². The van der Waals surface area contributed by atoms with Gasteiger partial charge in [-0.3, -0.25) is 0 Å². The third-order valence-electron chi connectivity index (χ3n) is 3.30. The molecule has 108 valence electrons. The number of ether oxygens (including phenoxy) is 3. The Kier molecular flexibility index (Phi) is 3.74. The molecule has 0 atom stereocenters. The Morgan fingerprint density at radius 1 is 1.05 bits per heavy atom. The summed E-state index contributed by atoms with van der Waals surface area (Å²) in [6.07, 6.45) is 0. The molecule has 1 aromatic carbocycles. The SMILES string of the molecule is COc1cc(-c2nc(C)n(C)c2N)cc(OC)c1OC. The predicted octanol–water partition coefficient (Wildman–Crippen LogP) is 2.00. The van der Waals surface area contributed by atoms with Gasteiger partial charge < -0.3 is 24.5 Å². The summed E-state index contributed by atoms with van der Waals surface area (Å²) in [4.78, 5) is 4.47. The van der Waals surface area contributed by atoms with Crippen LogP contribution in [0.25, 0.3) is 11.3 Å². The van der Waals surface area contributed by atoms with Gasteiger partial charge in [0.1, 0.15) is 17.3 Å². The Morgan fingerprint density at radius 2 is 1.60 bits per heavy atom. The smallest absolute Gasteiger partial charge is 0.203 e. The second-order valence-corrected chi connectivity index (χ2v) is 4.37. The molecule has 0 aliphatic carbocycles. The number of benzene rings is 1. The lowest BCUT2D eigenvalue weighted by atomic mass is 10.1. The van der Waals surface area contributed by atoms with Gasteiger partial charge >= 0.3 is 0 Å². The van der Waals surface area contributed by atoms with Crippen LogP contribution in [0.2, 0.25) is 0 Å². The van der Waals surface area contributed by atoms with Crippen molar-refractivity contribution < 1.29 is 14.2 Å². The summed E-state index contributed by atoms with van der Waals surface area (Å²) >= 11 is 0. The van der Waals surface area contributed by atoms with Crippen molar-refractivity contribution in [2.45, 2.75) is 6.92 Å². The van der Waals surface area contributed by atoms with Crippen molar-refractivity contribution in [1.29, 1.82) is 0 Å². The van der Waals surface area contributed by atoms with Crippen molar-refractivity contribution in [2.75, 3.05) is 27.1 Å². The molecular formula is C14H19N3O3. The largest absolute Gasteiger partial charge is 0.493 e. The minimum atomic E-state index is 0.546. The number of hydrogen-bond acceptors (Lipinski definition) is 5. The molecule has 0 fully saturated rings. The number of hydrogen-bond donors (Lipinski definition) is 1. The van der Waals surface area contributed by atoms with Crippen LogP contribution in [-0.2, 0) is 7.05 Å². The first-order valence-electron chi connectivity index (χ1n) is 6.12. The number of rotatable bonds is 4. The Bertz CT molecular complexity index is 610. The molecule has 2 N–H and O–H groups in total. The topological polar surface area (TPSA) is 71.5 Å². The van der Waals surface area contributed by atoms with Crippen molar-refractivity contribution in [2.24, 2.45) is 7.05 Å². The van der Waals surface area contributed by atoms with E-state index in [9.17, 15) is 0 Å². The second-order valence-electron chi connectivity index (χ2n) is 4.37. The van der Waals surface area contributed by atoms with Crippen LogP contribution in [0.4, 0.5) is 5.82 Å². The van der Waals surface area contributed by atoms with Gasteiger partial charge in [-0.05, 0) is 19.1 Å². The molecule has 6 heteroatoms. The third-order valence-corrected chi connectivity index (χ3v) is 3.30. The summed E-state index contributed by atoms with van der Waals surface area (Å²) in [7, 11) is 6.60. The molecule has 0 saturated heterocycles. The van der Waals surface area contributed by atoms with Crippen molar-refractivity contribution in [3.63, 3.8) is 0 Å². The highest BCUT2D eigenvalue weighted by atomic mass is 16.5. The van der Waals surface area contributed by atoms with Crippen LogP contribution in [-0.4, -0.2) is 30.9 Å². The summed E-state index contributed by atoms with van der Waals surface area (Å²) in [5, 5.41) is 0. The lowest BCUT2D eigenvalue weighted by Gasteiger charge is -2.13. The van der Waals surface area contributed by atoms with Gasteiger partial charge in [-0.25, -0.2) is 4.98 Å². The van der Waals surface area contributed by atoms with Crippen LogP contribution in [0.5, 0.6) is 17.2 Å². The first kappa shape index (κ1) is 14.0. The first-order valence-corrected chi connectivity index (χ1v) is 6.12. The number of aromatic nitrogens is 2. The molecule has 0 unspecified atom stereocenters. The van der Waals surface area contributed by atoms with Gasteiger partial charge in [-0.2, -0.15) is 0 Å². The van der Waals surface area contributed by atoms with Crippen LogP contribution >= 0.6 is 0 Å². The molecule has 0 aliphatic rings. The lowest BCUT2D eigenvalue weighted by Crippen LogP contribution is -1.99. The predicted molar refractivity (Wildman–Crippen MR) is 77.4 cm³/mol. The molecule has 0 amide bonds. The average molecular weight is 277 g/mol. The highest BCUT2D eigenvalue weighted by Gasteiger charge is 2.18. The Balaban J connectivity index is 2.65. The van der Waals surface area contributed by atoms with Gasteiger partial charge in [-0.1, -0.05) is 0 Å². The molecule has 2 aromatic rings. The number of anilines is 1. The van der Waals surface area contributed by atoms with E-state index in [2.05, 4.69) is 4.98 Å². The van der Waals surface area contributed by atoms with Crippen molar-refractivity contribution in [3.8, 4) is 28.5 Å². The number of imidazole rings is 1. The van der Waals surface area contributed by atoms with E-state index in [4.69, 9.17) is 19.9 Å². The molecule has 0 bridgehead atoms. The van der Waals surface area contributed by atoms with Crippen LogP contribution in [0.15, 0.2) is 12.1 Å². The zero-order valence-corrected chi connectivity index (χ0v) is 12.4. The van der Waals surface area contributed by atoms with E-state index in [1.807, 2.05) is 30.7 Å². The van der Waals surface area contributed by atoms with Gasteiger partial charge in [0, 0.05) is 12.6 Å². The number of methoxy groups -OCH3 is 3. The number of nitrogens with zero attached hydrogens (tertiary/aromatic N) is 2. The molecule has 0 spiro atoms. The third kappa shape index (κ3) is 2.13. The Hall–Kier alpha value is -2.37. The minimum absolute atomic E-state index is 0.546. The molecule has 1 heterocycles. The van der Waals surface area contributed by atoms with Crippen LogP contribution < -0.4 is 19.9 Å². The highest BCUT2D eigenvalue weighted by molar-refractivity contribution is 5.75. The second kappa shape index (κ2) is 5.32. The van der Waals surface area contributed by atoms with E-state index in [1.165, 1.54) is 0 Å². The van der Waals surface area contributed by atoms with Crippen molar-refractivity contribution in [1.82, 2.24) is 9.55 Å². The normalized spacial score (nSPS) is 10.4. The fraction of sp³-hybridized carbons (Fsp3) is 0.357. The quantitative estimate of drug-likeness (QED) is 0.925. The summed E-state index contributed by atoms with van der Waals surface area (Å²) in [5.41, 5.74) is 7.60. The van der Waals surface area contributed by atoms with Crippen molar-refractivity contribution in [3.05, 3.63) is 18.0 Å². The van der Waals surface area contributed by atoms with Gasteiger partial charge in [0.2, 0.25) is 5.75 Å². The maximum atomic E-state index is 6.08. The summed E-state index contributed by atoms with van der Waals surface area (Å²) in [6, 6.07) is 3.67. The lowest BCUT2D eigenvalue weighted by molar-refractivity contribution is 0.324. The summed E-state index contributed by atoms with van der Waals surface area (Å²) in [5.74, 6) is 3.13. The maximum Gasteiger partial charge on any atom is 0.203 e. The zero-order chi connectivity index (χ0) is 14.9. The van der Waals surface area contributed by atoms with Crippen LogP contribution in [0, 0.1) is 6.92 Å². The molecular weight excluding hydrogens is 258 g/mol. The number of nitrogens with two attached hydrogens (primary N) is 1. The average Bonchev–Trinajstić information content (AvgIpc) is 2.73. The molecule has 6 nitrogen and oxygen atoms in total. The van der Waals surface area contributed by atoms with Gasteiger partial charge in [0.25, 0.3) is 0 Å². The van der Waals surface area contributed by atoms with E-state index in [0.29, 0.717) is 28.8 Å². The molecule has 20 heavy (non-hydrogen) atoms. The molecule has 0 radical (unpaired) electrons. The highest BCUT2D eigenvalue weighted by Crippen LogP contribution is 2.41. The molecule has 0 aliphatic heterocycles.